The number of carbonyl (C=O) groups is 2. The smallest absolute Gasteiger partial charge is 0.291 e. The number of halogens is 2. The van der Waals surface area contributed by atoms with Gasteiger partial charge in [0.2, 0.25) is 5.82 Å². The molecule has 1 saturated carbocycles. The van der Waals surface area contributed by atoms with Gasteiger partial charge in [0.15, 0.2) is 0 Å². The number of rotatable bonds is 3. The van der Waals surface area contributed by atoms with Gasteiger partial charge in [-0.2, -0.15) is 0 Å². The fourth-order valence-corrected chi connectivity index (χ4v) is 3.70. The number of aliphatic hydroxyl groups is 1. The summed E-state index contributed by atoms with van der Waals surface area (Å²) in [7, 11) is 0. The van der Waals surface area contributed by atoms with E-state index in [1.54, 1.807) is 40.4 Å². The first-order valence-corrected chi connectivity index (χ1v) is 9.71. The van der Waals surface area contributed by atoms with E-state index in [-0.39, 0.29) is 17.6 Å². The van der Waals surface area contributed by atoms with Crippen molar-refractivity contribution in [3.05, 3.63) is 46.5 Å². The molecule has 1 aliphatic carbocycles. The van der Waals surface area contributed by atoms with E-state index in [1.165, 1.54) is 0 Å². The van der Waals surface area contributed by atoms with Crippen LogP contribution in [0.25, 0.3) is 11.1 Å². The third-order valence-electron chi connectivity index (χ3n) is 5.06. The molecular formula is C19H18Cl2N4O3. The number of hydrogen-bond acceptors (Lipinski definition) is 5. The number of carbonyl (C=O) groups excluding carboxylic acids is 2. The van der Waals surface area contributed by atoms with E-state index in [1.807, 2.05) is 0 Å². The fourth-order valence-electron chi connectivity index (χ4n) is 3.18. The average molecular weight is 421 g/mol. The summed E-state index contributed by atoms with van der Waals surface area (Å²) in [6, 6.07) is 5.13. The summed E-state index contributed by atoms with van der Waals surface area (Å²) < 4.78 is 0. The van der Waals surface area contributed by atoms with E-state index >= 15 is 0 Å². The molecule has 1 N–H and O–H groups in total. The molecule has 0 spiro atoms. The first-order chi connectivity index (χ1) is 13.4. The van der Waals surface area contributed by atoms with Gasteiger partial charge in [0.05, 0.1) is 0 Å². The van der Waals surface area contributed by atoms with Crippen LogP contribution in [0.3, 0.4) is 0 Å². The number of nitrogens with zero attached hydrogens (tertiary/aromatic N) is 4. The predicted molar refractivity (Wildman–Crippen MR) is 104 cm³/mol. The summed E-state index contributed by atoms with van der Waals surface area (Å²) in [6.07, 6.45) is 4.14. The van der Waals surface area contributed by atoms with Gasteiger partial charge < -0.3 is 14.9 Å². The summed E-state index contributed by atoms with van der Waals surface area (Å²) >= 11 is 12.1. The molecule has 146 valence electrons. The SMILES string of the molecule is O=C(c1ncc(-c2ccc(Cl)cc2Cl)cn1)N1CCN(C(=O)C2(O)CC2)CC1. The molecule has 0 atom stereocenters. The van der Waals surface area contributed by atoms with Crippen LogP contribution in [0.1, 0.15) is 23.5 Å². The molecule has 1 aliphatic heterocycles. The Kier molecular flexibility index (Phi) is 4.99. The van der Waals surface area contributed by atoms with E-state index in [2.05, 4.69) is 9.97 Å². The summed E-state index contributed by atoms with van der Waals surface area (Å²) in [5.41, 5.74) is 0.246. The normalized spacial score (nSPS) is 18.1. The molecule has 0 unspecified atom stereocenters. The fraction of sp³-hybridized carbons (Fsp3) is 0.368. The van der Waals surface area contributed by atoms with Gasteiger partial charge in [-0.1, -0.05) is 29.3 Å². The topological polar surface area (TPSA) is 86.6 Å². The van der Waals surface area contributed by atoms with Crippen LogP contribution in [-0.2, 0) is 4.79 Å². The van der Waals surface area contributed by atoms with E-state index in [4.69, 9.17) is 23.2 Å². The Bertz CT molecular complexity index is 923. The number of benzene rings is 1. The first kappa shape index (κ1) is 19.1. The maximum Gasteiger partial charge on any atom is 0.291 e. The Balaban J connectivity index is 1.41. The van der Waals surface area contributed by atoms with Crippen LogP contribution in [-0.4, -0.2) is 68.5 Å². The van der Waals surface area contributed by atoms with Crippen LogP contribution in [0.4, 0.5) is 0 Å². The minimum atomic E-state index is -1.17. The van der Waals surface area contributed by atoms with Crippen molar-refractivity contribution in [1.82, 2.24) is 19.8 Å². The van der Waals surface area contributed by atoms with Crippen molar-refractivity contribution in [2.75, 3.05) is 26.2 Å². The molecular weight excluding hydrogens is 403 g/mol. The summed E-state index contributed by atoms with van der Waals surface area (Å²) in [6.45, 7) is 1.56. The highest BCUT2D eigenvalue weighted by atomic mass is 35.5. The molecule has 2 fully saturated rings. The second-order valence-electron chi connectivity index (χ2n) is 7.04. The second kappa shape index (κ2) is 7.31. The minimum absolute atomic E-state index is 0.0921. The zero-order valence-electron chi connectivity index (χ0n) is 14.9. The number of piperazine rings is 1. The van der Waals surface area contributed by atoms with E-state index in [0.717, 1.165) is 5.56 Å². The van der Waals surface area contributed by atoms with Crippen LogP contribution in [0.15, 0.2) is 30.6 Å². The highest BCUT2D eigenvalue weighted by Gasteiger charge is 2.50. The van der Waals surface area contributed by atoms with Crippen LogP contribution < -0.4 is 0 Å². The highest BCUT2D eigenvalue weighted by Crippen LogP contribution is 2.37. The van der Waals surface area contributed by atoms with Gasteiger partial charge in [0, 0.05) is 59.7 Å². The van der Waals surface area contributed by atoms with Crippen molar-refractivity contribution in [2.45, 2.75) is 18.4 Å². The first-order valence-electron chi connectivity index (χ1n) is 8.96. The van der Waals surface area contributed by atoms with Crippen molar-refractivity contribution in [3.8, 4) is 11.1 Å². The van der Waals surface area contributed by atoms with Gasteiger partial charge in [-0.15, -0.1) is 0 Å². The van der Waals surface area contributed by atoms with E-state index in [0.29, 0.717) is 54.6 Å². The van der Waals surface area contributed by atoms with Crippen molar-refractivity contribution < 1.29 is 14.7 Å². The molecule has 0 radical (unpaired) electrons. The molecule has 4 rings (SSSR count). The van der Waals surface area contributed by atoms with Crippen LogP contribution >= 0.6 is 23.2 Å². The number of amides is 2. The molecule has 2 heterocycles. The molecule has 2 amide bonds. The molecule has 1 saturated heterocycles. The van der Waals surface area contributed by atoms with Gasteiger partial charge in [0.25, 0.3) is 11.8 Å². The molecule has 7 nitrogen and oxygen atoms in total. The Labute approximate surface area is 171 Å². The Morgan fingerprint density at radius 1 is 1.00 bits per heavy atom. The molecule has 1 aromatic heterocycles. The van der Waals surface area contributed by atoms with Crippen LogP contribution in [0.5, 0.6) is 0 Å². The largest absolute Gasteiger partial charge is 0.380 e. The molecule has 0 bridgehead atoms. The zero-order chi connectivity index (χ0) is 19.9. The average Bonchev–Trinajstić information content (AvgIpc) is 3.46. The number of hydrogen-bond donors (Lipinski definition) is 1. The Hall–Kier alpha value is -2.22. The molecule has 2 aliphatic rings. The highest BCUT2D eigenvalue weighted by molar-refractivity contribution is 6.36. The van der Waals surface area contributed by atoms with Crippen molar-refractivity contribution in [3.63, 3.8) is 0 Å². The maximum atomic E-state index is 12.6. The lowest BCUT2D eigenvalue weighted by Crippen LogP contribution is -2.53. The lowest BCUT2D eigenvalue weighted by molar-refractivity contribution is -0.143. The van der Waals surface area contributed by atoms with E-state index < -0.39 is 5.60 Å². The lowest BCUT2D eigenvalue weighted by Gasteiger charge is -2.35. The molecule has 9 heteroatoms. The van der Waals surface area contributed by atoms with Crippen molar-refractivity contribution in [1.29, 1.82) is 0 Å². The van der Waals surface area contributed by atoms with Crippen molar-refractivity contribution in [2.24, 2.45) is 0 Å². The zero-order valence-corrected chi connectivity index (χ0v) is 16.4. The Morgan fingerprint density at radius 2 is 1.61 bits per heavy atom. The van der Waals surface area contributed by atoms with Crippen molar-refractivity contribution >= 4 is 35.0 Å². The van der Waals surface area contributed by atoms with Crippen LogP contribution in [0.2, 0.25) is 10.0 Å². The number of aromatic nitrogens is 2. The third-order valence-corrected chi connectivity index (χ3v) is 5.61. The van der Waals surface area contributed by atoms with E-state index in [9.17, 15) is 14.7 Å². The summed E-state index contributed by atoms with van der Waals surface area (Å²) in [5.74, 6) is -0.430. The molecule has 2 aromatic rings. The summed E-state index contributed by atoms with van der Waals surface area (Å²) in [5, 5.41) is 11.0. The molecule has 1 aromatic carbocycles. The molecule has 28 heavy (non-hydrogen) atoms. The lowest BCUT2D eigenvalue weighted by atomic mass is 10.1. The second-order valence-corrected chi connectivity index (χ2v) is 7.88. The standard InChI is InChI=1S/C19H18Cl2N4O3/c20-13-1-2-14(15(21)9-13)12-10-22-16(23-11-12)17(26)24-5-7-25(8-6-24)18(27)19(28)3-4-19/h1-2,9-11,28H,3-8H2. The predicted octanol–water partition coefficient (Wildman–Crippen LogP) is 2.26. The monoisotopic (exact) mass is 420 g/mol. The van der Waals surface area contributed by atoms with Gasteiger partial charge in [-0.3, -0.25) is 9.59 Å². The van der Waals surface area contributed by atoms with Gasteiger partial charge in [-0.05, 0) is 25.0 Å². The van der Waals surface area contributed by atoms with Gasteiger partial charge in [0.1, 0.15) is 5.60 Å². The summed E-state index contributed by atoms with van der Waals surface area (Å²) in [4.78, 5) is 36.4. The maximum absolute atomic E-state index is 12.6. The minimum Gasteiger partial charge on any atom is -0.380 e. The van der Waals surface area contributed by atoms with Gasteiger partial charge in [-0.25, -0.2) is 9.97 Å². The quantitative estimate of drug-likeness (QED) is 0.822. The van der Waals surface area contributed by atoms with Crippen LogP contribution in [0, 0.1) is 0 Å². The third kappa shape index (κ3) is 3.70. The Morgan fingerprint density at radius 3 is 2.18 bits per heavy atom. The van der Waals surface area contributed by atoms with Gasteiger partial charge >= 0.3 is 0 Å².